The van der Waals surface area contributed by atoms with E-state index in [0.717, 1.165) is 37.8 Å². The van der Waals surface area contributed by atoms with Crippen LogP contribution in [0.2, 0.25) is 0 Å². The minimum Gasteiger partial charge on any atom is -0.465 e. The van der Waals surface area contributed by atoms with Crippen LogP contribution in [-0.4, -0.2) is 43.6 Å². The molecule has 1 aliphatic heterocycles. The van der Waals surface area contributed by atoms with Crippen molar-refractivity contribution in [3.63, 3.8) is 0 Å². The number of piperidine rings is 1. The normalized spacial score (nSPS) is 18.1. The zero-order chi connectivity index (χ0) is 20.6. The number of benzene rings is 2. The molecule has 1 aliphatic rings. The molecule has 0 saturated carbocycles. The first kappa shape index (κ1) is 21.1. The van der Waals surface area contributed by atoms with Gasteiger partial charge in [0.1, 0.15) is 12.1 Å². The molecule has 0 radical (unpaired) electrons. The number of carbonyl (C=O) groups is 2. The summed E-state index contributed by atoms with van der Waals surface area (Å²) in [5, 5.41) is 0. The molecule has 154 valence electrons. The lowest BCUT2D eigenvalue weighted by Gasteiger charge is -2.32. The number of aryl methyl sites for hydroxylation is 1. The van der Waals surface area contributed by atoms with E-state index in [2.05, 4.69) is 17.0 Å². The van der Waals surface area contributed by atoms with Crippen molar-refractivity contribution in [2.75, 3.05) is 20.7 Å². The molecule has 5 nitrogen and oxygen atoms in total. The van der Waals surface area contributed by atoms with Crippen LogP contribution in [0.3, 0.4) is 0 Å². The Labute approximate surface area is 172 Å². The lowest BCUT2D eigenvalue weighted by molar-refractivity contribution is -0.157. The summed E-state index contributed by atoms with van der Waals surface area (Å²) >= 11 is 0. The van der Waals surface area contributed by atoms with Crippen LogP contribution in [0.25, 0.3) is 0 Å². The molecule has 3 rings (SSSR count). The zero-order valence-corrected chi connectivity index (χ0v) is 17.2. The van der Waals surface area contributed by atoms with Gasteiger partial charge in [-0.2, -0.15) is 0 Å². The molecule has 1 heterocycles. The number of methoxy groups -OCH3 is 1. The van der Waals surface area contributed by atoms with Crippen molar-refractivity contribution >= 4 is 11.9 Å². The fourth-order valence-electron chi connectivity index (χ4n) is 3.81. The third kappa shape index (κ3) is 5.67. The van der Waals surface area contributed by atoms with Crippen LogP contribution in [-0.2, 0) is 20.7 Å². The first-order valence-electron chi connectivity index (χ1n) is 10.2. The molecule has 1 unspecified atom stereocenters. The highest BCUT2D eigenvalue weighted by molar-refractivity contribution is 5.89. The van der Waals surface area contributed by atoms with Gasteiger partial charge in [-0.15, -0.1) is 0 Å². The monoisotopic (exact) mass is 395 g/mol. The van der Waals surface area contributed by atoms with Gasteiger partial charge in [-0.05, 0) is 62.5 Å². The largest absolute Gasteiger partial charge is 0.465 e. The third-order valence-electron chi connectivity index (χ3n) is 5.52. The predicted octanol–water partition coefficient (Wildman–Crippen LogP) is 4.17. The lowest BCUT2D eigenvalue weighted by Crippen LogP contribution is -2.43. The molecule has 0 spiro atoms. The molecular weight excluding hydrogens is 366 g/mol. The maximum absolute atomic E-state index is 12.9. The standard InChI is InChI=1S/C24H29NO4/c1-25-16-7-6-13-21(25)24(27)29-22(15-14-18-9-4-3-5-10-18)19-11-8-12-20(17-19)23(26)28-2/h3-5,8-12,17,21-22H,6-7,13-16H2,1-2H3/t21?,22-/m1/s1. The molecule has 2 atom stereocenters. The first-order valence-corrected chi connectivity index (χ1v) is 10.2. The Kier molecular flexibility index (Phi) is 7.42. The Hall–Kier alpha value is -2.66. The Morgan fingerprint density at radius 1 is 1.10 bits per heavy atom. The molecule has 1 saturated heterocycles. The number of hydrogen-bond acceptors (Lipinski definition) is 5. The third-order valence-corrected chi connectivity index (χ3v) is 5.52. The van der Waals surface area contributed by atoms with E-state index in [4.69, 9.17) is 9.47 Å². The van der Waals surface area contributed by atoms with Gasteiger partial charge in [-0.3, -0.25) is 9.69 Å². The summed E-state index contributed by atoms with van der Waals surface area (Å²) in [5.41, 5.74) is 2.46. The van der Waals surface area contributed by atoms with E-state index in [-0.39, 0.29) is 12.0 Å². The van der Waals surface area contributed by atoms with Gasteiger partial charge >= 0.3 is 11.9 Å². The van der Waals surface area contributed by atoms with Gasteiger partial charge in [0, 0.05) is 0 Å². The summed E-state index contributed by atoms with van der Waals surface area (Å²) in [4.78, 5) is 26.9. The highest BCUT2D eigenvalue weighted by Gasteiger charge is 2.29. The van der Waals surface area contributed by atoms with Crippen LogP contribution in [0.15, 0.2) is 54.6 Å². The fourth-order valence-corrected chi connectivity index (χ4v) is 3.81. The Balaban J connectivity index is 1.79. The molecule has 0 aromatic heterocycles. The van der Waals surface area contributed by atoms with E-state index >= 15 is 0 Å². The fraction of sp³-hybridized carbons (Fsp3) is 0.417. The SMILES string of the molecule is COC(=O)c1cccc([C@@H](CCc2ccccc2)OC(=O)C2CCCCN2C)c1. The summed E-state index contributed by atoms with van der Waals surface area (Å²) in [6, 6.07) is 17.1. The smallest absolute Gasteiger partial charge is 0.337 e. The highest BCUT2D eigenvalue weighted by atomic mass is 16.5. The zero-order valence-electron chi connectivity index (χ0n) is 17.2. The number of rotatable bonds is 7. The number of ether oxygens (including phenoxy) is 2. The van der Waals surface area contributed by atoms with Gasteiger partial charge in [0.25, 0.3) is 0 Å². The van der Waals surface area contributed by atoms with E-state index in [0.29, 0.717) is 12.0 Å². The van der Waals surface area contributed by atoms with Crippen molar-refractivity contribution in [3.05, 3.63) is 71.3 Å². The second-order valence-electron chi connectivity index (χ2n) is 7.56. The molecular formula is C24H29NO4. The molecule has 2 aromatic rings. The van der Waals surface area contributed by atoms with Crippen LogP contribution in [0, 0.1) is 0 Å². The number of hydrogen-bond donors (Lipinski definition) is 0. The van der Waals surface area contributed by atoms with Gasteiger partial charge in [-0.25, -0.2) is 4.79 Å². The van der Waals surface area contributed by atoms with Crippen molar-refractivity contribution in [1.82, 2.24) is 4.90 Å². The van der Waals surface area contributed by atoms with E-state index in [1.54, 1.807) is 18.2 Å². The molecule has 0 N–H and O–H groups in total. The second-order valence-corrected chi connectivity index (χ2v) is 7.56. The summed E-state index contributed by atoms with van der Waals surface area (Å²) in [6.07, 6.45) is 3.99. The Morgan fingerprint density at radius 2 is 1.90 bits per heavy atom. The number of esters is 2. The lowest BCUT2D eigenvalue weighted by atomic mass is 9.99. The maximum Gasteiger partial charge on any atom is 0.337 e. The minimum atomic E-state index is -0.414. The molecule has 0 aliphatic carbocycles. The van der Waals surface area contributed by atoms with Gasteiger partial charge in [0.15, 0.2) is 0 Å². The van der Waals surface area contributed by atoms with E-state index in [9.17, 15) is 9.59 Å². The summed E-state index contributed by atoms with van der Waals surface area (Å²) in [5.74, 6) is -0.583. The first-order chi connectivity index (χ1) is 14.1. The average Bonchev–Trinajstić information content (AvgIpc) is 2.77. The topological polar surface area (TPSA) is 55.8 Å². The van der Waals surface area contributed by atoms with Gasteiger partial charge in [0.2, 0.25) is 0 Å². The Bertz CT molecular complexity index is 821. The Morgan fingerprint density at radius 3 is 2.62 bits per heavy atom. The van der Waals surface area contributed by atoms with Gasteiger partial charge in [-0.1, -0.05) is 48.9 Å². The molecule has 2 aromatic carbocycles. The molecule has 0 bridgehead atoms. The van der Waals surface area contributed by atoms with Crippen molar-refractivity contribution in [1.29, 1.82) is 0 Å². The van der Waals surface area contributed by atoms with E-state index in [1.807, 2.05) is 31.3 Å². The van der Waals surface area contributed by atoms with Crippen LogP contribution in [0.1, 0.15) is 53.3 Å². The number of nitrogens with zero attached hydrogens (tertiary/aromatic N) is 1. The average molecular weight is 395 g/mol. The van der Waals surface area contributed by atoms with Gasteiger partial charge < -0.3 is 9.47 Å². The van der Waals surface area contributed by atoms with Crippen molar-refractivity contribution < 1.29 is 19.1 Å². The maximum atomic E-state index is 12.9. The number of carbonyl (C=O) groups excluding carboxylic acids is 2. The van der Waals surface area contributed by atoms with Crippen LogP contribution >= 0.6 is 0 Å². The summed E-state index contributed by atoms with van der Waals surface area (Å²) in [7, 11) is 3.34. The number of likely N-dealkylation sites (tertiary alicyclic amines) is 1. The number of likely N-dealkylation sites (N-methyl/N-ethyl adjacent to an activating group) is 1. The highest BCUT2D eigenvalue weighted by Crippen LogP contribution is 2.27. The van der Waals surface area contributed by atoms with Crippen LogP contribution in [0.4, 0.5) is 0 Å². The molecule has 0 amide bonds. The minimum absolute atomic E-state index is 0.186. The van der Waals surface area contributed by atoms with Crippen molar-refractivity contribution in [2.24, 2.45) is 0 Å². The summed E-state index contributed by atoms with van der Waals surface area (Å²) in [6.45, 7) is 0.909. The van der Waals surface area contributed by atoms with Crippen molar-refractivity contribution in [3.8, 4) is 0 Å². The molecule has 5 heteroatoms. The van der Waals surface area contributed by atoms with Gasteiger partial charge in [0.05, 0.1) is 12.7 Å². The molecule has 1 fully saturated rings. The molecule has 29 heavy (non-hydrogen) atoms. The summed E-state index contributed by atoms with van der Waals surface area (Å²) < 4.78 is 10.8. The van der Waals surface area contributed by atoms with E-state index in [1.165, 1.54) is 12.7 Å². The van der Waals surface area contributed by atoms with Crippen molar-refractivity contribution in [2.45, 2.75) is 44.2 Å². The van der Waals surface area contributed by atoms with E-state index < -0.39 is 12.1 Å². The van der Waals surface area contributed by atoms with Crippen LogP contribution in [0.5, 0.6) is 0 Å². The second kappa shape index (κ2) is 10.2. The predicted molar refractivity (Wildman–Crippen MR) is 112 cm³/mol. The quantitative estimate of drug-likeness (QED) is 0.659. The van der Waals surface area contributed by atoms with Crippen LogP contribution < -0.4 is 0 Å².